The predicted molar refractivity (Wildman–Crippen MR) is 136 cm³/mol. The topological polar surface area (TPSA) is 58.6 Å². The number of rotatable bonds is 9. The van der Waals surface area contributed by atoms with Crippen LogP contribution in [0.25, 0.3) is 10.8 Å². The third-order valence-electron chi connectivity index (χ3n) is 6.62. The van der Waals surface area contributed by atoms with Gasteiger partial charge in [0.1, 0.15) is 11.8 Å². The molecular formula is C29H34N2O3. The zero-order valence-electron chi connectivity index (χ0n) is 20.1. The Kier molecular flexibility index (Phi) is 7.84. The van der Waals surface area contributed by atoms with Gasteiger partial charge in [-0.2, -0.15) is 0 Å². The molecule has 0 heterocycles. The molecule has 0 aliphatic heterocycles. The largest absolute Gasteiger partial charge is 0.483 e. The third kappa shape index (κ3) is 5.77. The van der Waals surface area contributed by atoms with Gasteiger partial charge in [-0.05, 0) is 43.2 Å². The molecule has 1 saturated carbocycles. The molecule has 2 amide bonds. The lowest BCUT2D eigenvalue weighted by atomic mass is 10.1. The second-order valence-corrected chi connectivity index (χ2v) is 9.19. The molecular weight excluding hydrogens is 424 g/mol. The molecule has 1 N–H and O–H groups in total. The van der Waals surface area contributed by atoms with Gasteiger partial charge >= 0.3 is 0 Å². The summed E-state index contributed by atoms with van der Waals surface area (Å²) in [6, 6.07) is 21.5. The fourth-order valence-corrected chi connectivity index (χ4v) is 4.84. The first-order valence-electron chi connectivity index (χ1n) is 12.3. The maximum Gasteiger partial charge on any atom is 0.261 e. The van der Waals surface area contributed by atoms with Crippen molar-refractivity contribution in [1.82, 2.24) is 10.2 Å². The Morgan fingerprint density at radius 3 is 2.53 bits per heavy atom. The van der Waals surface area contributed by atoms with Crippen LogP contribution in [0.4, 0.5) is 0 Å². The Labute approximate surface area is 202 Å². The summed E-state index contributed by atoms with van der Waals surface area (Å²) in [5, 5.41) is 5.21. The molecule has 0 spiro atoms. The van der Waals surface area contributed by atoms with Gasteiger partial charge in [0.2, 0.25) is 5.91 Å². The number of aryl methyl sites for hydroxylation is 1. The normalized spacial score (nSPS) is 14.6. The number of amides is 2. The highest BCUT2D eigenvalue weighted by Crippen LogP contribution is 2.25. The maximum atomic E-state index is 13.5. The predicted octanol–water partition coefficient (Wildman–Crippen LogP) is 5.39. The average molecular weight is 459 g/mol. The summed E-state index contributed by atoms with van der Waals surface area (Å²) in [4.78, 5) is 28.4. The Bertz CT molecular complexity index is 1130. The molecule has 1 aliphatic carbocycles. The zero-order chi connectivity index (χ0) is 23.9. The Hall–Kier alpha value is -3.34. The van der Waals surface area contributed by atoms with Gasteiger partial charge in [0, 0.05) is 18.0 Å². The molecule has 5 nitrogen and oxygen atoms in total. The fourth-order valence-electron chi connectivity index (χ4n) is 4.84. The van der Waals surface area contributed by atoms with Crippen LogP contribution in [0.3, 0.4) is 0 Å². The molecule has 178 valence electrons. The Morgan fingerprint density at radius 2 is 1.76 bits per heavy atom. The van der Waals surface area contributed by atoms with Gasteiger partial charge < -0.3 is 15.0 Å². The number of nitrogens with zero attached hydrogens (tertiary/aromatic N) is 1. The van der Waals surface area contributed by atoms with Crippen LogP contribution >= 0.6 is 0 Å². The van der Waals surface area contributed by atoms with Crippen molar-refractivity contribution < 1.29 is 14.3 Å². The number of hydrogen-bond donors (Lipinski definition) is 1. The highest BCUT2D eigenvalue weighted by atomic mass is 16.5. The van der Waals surface area contributed by atoms with Crippen molar-refractivity contribution in [2.75, 3.05) is 6.61 Å². The van der Waals surface area contributed by atoms with Gasteiger partial charge in [-0.1, -0.05) is 86.0 Å². The summed E-state index contributed by atoms with van der Waals surface area (Å²) in [6.07, 6.45) is 4.86. The first-order chi connectivity index (χ1) is 16.5. The van der Waals surface area contributed by atoms with Crippen LogP contribution in [0.1, 0.15) is 50.2 Å². The van der Waals surface area contributed by atoms with Crippen molar-refractivity contribution in [2.45, 2.75) is 64.6 Å². The van der Waals surface area contributed by atoms with Crippen LogP contribution < -0.4 is 10.1 Å². The van der Waals surface area contributed by atoms with Gasteiger partial charge in [-0.3, -0.25) is 9.59 Å². The van der Waals surface area contributed by atoms with E-state index in [4.69, 9.17) is 4.74 Å². The molecule has 0 unspecified atom stereocenters. The lowest BCUT2D eigenvalue weighted by Crippen LogP contribution is -2.52. The number of hydrogen-bond acceptors (Lipinski definition) is 3. The quantitative estimate of drug-likeness (QED) is 0.467. The summed E-state index contributed by atoms with van der Waals surface area (Å²) < 4.78 is 6.01. The van der Waals surface area contributed by atoms with Crippen LogP contribution in [0.5, 0.6) is 5.75 Å². The van der Waals surface area contributed by atoms with Crippen molar-refractivity contribution in [3.05, 3.63) is 77.9 Å². The van der Waals surface area contributed by atoms with Crippen LogP contribution in [0.15, 0.2) is 66.7 Å². The molecule has 5 heteroatoms. The number of fused-ring (bicyclic) bond motifs is 1. The molecule has 0 aromatic heterocycles. The molecule has 0 saturated heterocycles. The lowest BCUT2D eigenvalue weighted by Gasteiger charge is -2.31. The van der Waals surface area contributed by atoms with E-state index in [9.17, 15) is 9.59 Å². The van der Waals surface area contributed by atoms with Crippen LogP contribution in [0, 0.1) is 6.92 Å². The van der Waals surface area contributed by atoms with E-state index < -0.39 is 6.04 Å². The molecule has 0 radical (unpaired) electrons. The van der Waals surface area contributed by atoms with Gasteiger partial charge in [-0.15, -0.1) is 0 Å². The summed E-state index contributed by atoms with van der Waals surface area (Å²) in [7, 11) is 0. The smallest absolute Gasteiger partial charge is 0.261 e. The molecule has 1 atom stereocenters. The number of carbonyl (C=O) groups excluding carboxylic acids is 2. The highest BCUT2D eigenvalue weighted by molar-refractivity contribution is 5.90. The van der Waals surface area contributed by atoms with Crippen molar-refractivity contribution in [3.63, 3.8) is 0 Å². The summed E-state index contributed by atoms with van der Waals surface area (Å²) in [6.45, 7) is 4.24. The van der Waals surface area contributed by atoms with E-state index in [-0.39, 0.29) is 24.5 Å². The number of benzene rings is 3. The van der Waals surface area contributed by atoms with Gasteiger partial charge in [0.05, 0.1) is 0 Å². The molecule has 0 bridgehead atoms. The molecule has 1 fully saturated rings. The van der Waals surface area contributed by atoms with Crippen molar-refractivity contribution in [2.24, 2.45) is 0 Å². The second-order valence-electron chi connectivity index (χ2n) is 9.19. The van der Waals surface area contributed by atoms with E-state index in [0.29, 0.717) is 18.7 Å². The molecule has 3 aromatic carbocycles. The summed E-state index contributed by atoms with van der Waals surface area (Å²) >= 11 is 0. The minimum Gasteiger partial charge on any atom is -0.483 e. The van der Waals surface area contributed by atoms with Crippen molar-refractivity contribution in [3.8, 4) is 5.75 Å². The zero-order valence-corrected chi connectivity index (χ0v) is 20.1. The summed E-state index contributed by atoms with van der Waals surface area (Å²) in [5.41, 5.74) is 2.13. The van der Waals surface area contributed by atoms with Gasteiger partial charge in [-0.25, -0.2) is 0 Å². The first kappa shape index (κ1) is 23.8. The Balaban J connectivity index is 1.54. The van der Waals surface area contributed by atoms with Crippen LogP contribution in [0.2, 0.25) is 0 Å². The van der Waals surface area contributed by atoms with Gasteiger partial charge in [0.15, 0.2) is 6.61 Å². The monoisotopic (exact) mass is 458 g/mol. The van der Waals surface area contributed by atoms with Crippen molar-refractivity contribution >= 4 is 22.6 Å². The average Bonchev–Trinajstić information content (AvgIpc) is 3.35. The van der Waals surface area contributed by atoms with E-state index in [2.05, 4.69) is 11.4 Å². The Morgan fingerprint density at radius 1 is 1.03 bits per heavy atom. The van der Waals surface area contributed by atoms with Crippen LogP contribution in [-0.4, -0.2) is 35.4 Å². The maximum absolute atomic E-state index is 13.5. The number of nitrogens with one attached hydrogen (secondary N) is 1. The van der Waals surface area contributed by atoms with E-state index in [1.165, 1.54) is 0 Å². The second kappa shape index (κ2) is 11.2. The SMILES string of the molecule is CC[C@H](C(=O)NC1CCCC1)N(Cc1cccc(C)c1)C(=O)COc1cccc2ccccc12. The molecule has 34 heavy (non-hydrogen) atoms. The summed E-state index contributed by atoms with van der Waals surface area (Å²) in [5.74, 6) is 0.411. The highest BCUT2D eigenvalue weighted by Gasteiger charge is 2.31. The first-order valence-corrected chi connectivity index (χ1v) is 12.3. The van der Waals surface area contributed by atoms with E-state index in [1.807, 2.05) is 74.5 Å². The van der Waals surface area contributed by atoms with E-state index in [1.54, 1.807) is 4.90 Å². The fraction of sp³-hybridized carbons (Fsp3) is 0.379. The third-order valence-corrected chi connectivity index (χ3v) is 6.62. The number of ether oxygens (including phenoxy) is 1. The standard InChI is InChI=1S/C29H34N2O3/c1-3-26(29(33)30-24-14-5-6-15-24)31(19-22-11-8-10-21(2)18-22)28(32)20-34-27-17-9-13-23-12-4-7-16-25(23)27/h4,7-13,16-18,24,26H,3,5-6,14-15,19-20H2,1-2H3,(H,30,33)/t26-/m1/s1. The minimum atomic E-state index is -0.537. The van der Waals surface area contributed by atoms with Crippen molar-refractivity contribution in [1.29, 1.82) is 0 Å². The minimum absolute atomic E-state index is 0.0689. The lowest BCUT2D eigenvalue weighted by molar-refractivity contribution is -0.143. The molecule has 1 aliphatic rings. The van der Waals surface area contributed by atoms with E-state index in [0.717, 1.165) is 47.6 Å². The number of carbonyl (C=O) groups is 2. The molecule has 3 aromatic rings. The molecule has 4 rings (SSSR count). The van der Waals surface area contributed by atoms with E-state index >= 15 is 0 Å². The van der Waals surface area contributed by atoms with Gasteiger partial charge in [0.25, 0.3) is 5.91 Å². The van der Waals surface area contributed by atoms with Crippen LogP contribution in [-0.2, 0) is 16.1 Å².